The highest BCUT2D eigenvalue weighted by molar-refractivity contribution is 7.86. The second kappa shape index (κ2) is 16.6. The summed E-state index contributed by atoms with van der Waals surface area (Å²) >= 11 is 6.13. The number of ether oxygens (including phenoxy) is 2. The minimum Gasteiger partial charge on any atom is -0.483 e. The number of carbonyl (C=O) groups excluding carboxylic acids is 1. The number of nitrogens with zero attached hydrogens (tertiary/aromatic N) is 3. The molecule has 10 nitrogen and oxygen atoms in total. The lowest BCUT2D eigenvalue weighted by Crippen LogP contribution is -2.48. The van der Waals surface area contributed by atoms with E-state index in [0.717, 1.165) is 11.6 Å². The Morgan fingerprint density at radius 2 is 1.78 bits per heavy atom. The van der Waals surface area contributed by atoms with Crippen molar-refractivity contribution in [3.8, 4) is 5.75 Å². The number of benzene rings is 3. The van der Waals surface area contributed by atoms with Gasteiger partial charge < -0.3 is 14.4 Å². The van der Waals surface area contributed by atoms with E-state index in [4.69, 9.17) is 21.1 Å². The zero-order valence-electron chi connectivity index (χ0n) is 28.9. The molecule has 1 unspecified atom stereocenters. The van der Waals surface area contributed by atoms with Crippen molar-refractivity contribution < 1.29 is 31.6 Å². The number of aromatic nitrogens is 2. The van der Waals surface area contributed by atoms with Gasteiger partial charge in [-0.3, -0.25) is 14.1 Å². The Kier molecular flexibility index (Phi) is 12.5. The van der Waals surface area contributed by atoms with Gasteiger partial charge in [0.1, 0.15) is 24.4 Å². The van der Waals surface area contributed by atoms with Gasteiger partial charge >= 0.3 is 0 Å². The van der Waals surface area contributed by atoms with Crippen molar-refractivity contribution in [3.63, 3.8) is 0 Å². The number of hydrogen-bond donors (Lipinski definition) is 1. The number of carbonyl (C=O) groups is 1. The predicted octanol–water partition coefficient (Wildman–Crippen LogP) is 7.01. The van der Waals surface area contributed by atoms with Crippen LogP contribution in [0.3, 0.4) is 0 Å². The Labute approximate surface area is 303 Å². The molecule has 1 aromatic heterocycles. The number of hydrogen-bond acceptors (Lipinski definition) is 7. The summed E-state index contributed by atoms with van der Waals surface area (Å²) < 4.78 is 64.5. The average molecular weight is 756 g/mol. The molecule has 0 saturated carbocycles. The zero-order chi connectivity index (χ0) is 36.8. The summed E-state index contributed by atoms with van der Waals surface area (Å²) in [5, 5.41) is 3.34. The molecule has 1 aliphatic rings. The molecule has 1 fully saturated rings. The third-order valence-electron chi connectivity index (χ3n) is 8.96. The fourth-order valence-corrected chi connectivity index (χ4v) is 8.25. The monoisotopic (exact) mass is 755 g/mol. The van der Waals surface area contributed by atoms with Gasteiger partial charge in [-0.2, -0.15) is 13.5 Å². The van der Waals surface area contributed by atoms with E-state index in [1.807, 2.05) is 30.3 Å². The number of halogens is 2. The lowest BCUT2D eigenvalue weighted by molar-refractivity contribution is 0.0675. The summed E-state index contributed by atoms with van der Waals surface area (Å²) in [5.74, 6) is -2.08. The highest BCUT2D eigenvalue weighted by Crippen LogP contribution is 2.36. The van der Waals surface area contributed by atoms with Gasteiger partial charge in [-0.1, -0.05) is 85.8 Å². The van der Waals surface area contributed by atoms with Gasteiger partial charge in [0.05, 0.1) is 12.2 Å². The molecule has 0 spiro atoms. The SMILES string of the molecule is C[Si](C)(C)CCOCn1cc(OCc2ccccc2)c(=O)c(C(=O)N2CCCC2[C@@H](C[C@@H](c2ccc(Cl)cc2)c2cccc(F)c2)S(=O)(=O)O)n1. The molecule has 272 valence electrons. The van der Waals surface area contributed by atoms with Gasteiger partial charge in [-0.25, -0.2) is 9.07 Å². The number of rotatable bonds is 15. The fourth-order valence-electron chi connectivity index (χ4n) is 6.25. The van der Waals surface area contributed by atoms with Crippen molar-refractivity contribution in [3.05, 3.63) is 129 Å². The van der Waals surface area contributed by atoms with Crippen LogP contribution in [0.15, 0.2) is 89.9 Å². The molecule has 1 aliphatic heterocycles. The molecule has 4 aromatic rings. The zero-order valence-corrected chi connectivity index (χ0v) is 31.4. The normalized spacial score (nSPS) is 16.2. The van der Waals surface area contributed by atoms with E-state index in [-0.39, 0.29) is 38.5 Å². The lowest BCUT2D eigenvalue weighted by Gasteiger charge is -2.32. The van der Waals surface area contributed by atoms with E-state index in [1.54, 1.807) is 30.3 Å². The van der Waals surface area contributed by atoms with Crippen LogP contribution in [0, 0.1) is 5.82 Å². The largest absolute Gasteiger partial charge is 0.483 e. The van der Waals surface area contributed by atoms with Crippen molar-refractivity contribution in [2.24, 2.45) is 0 Å². The van der Waals surface area contributed by atoms with Crippen LogP contribution in [-0.2, 0) is 28.2 Å². The summed E-state index contributed by atoms with van der Waals surface area (Å²) in [6, 6.07) is 21.7. The first kappa shape index (κ1) is 38.4. The Morgan fingerprint density at radius 3 is 2.45 bits per heavy atom. The van der Waals surface area contributed by atoms with Gasteiger partial charge in [0.25, 0.3) is 21.5 Å². The maximum Gasteiger partial charge on any atom is 0.278 e. The highest BCUT2D eigenvalue weighted by atomic mass is 35.5. The molecule has 5 rings (SSSR count). The molecule has 0 radical (unpaired) electrons. The molecule has 1 amide bonds. The van der Waals surface area contributed by atoms with Crippen LogP contribution < -0.4 is 10.2 Å². The second-order valence-corrected chi connectivity index (χ2v) is 21.7. The molecule has 3 atom stereocenters. The summed E-state index contributed by atoms with van der Waals surface area (Å²) in [6.07, 6.45) is 1.88. The Balaban J connectivity index is 1.48. The summed E-state index contributed by atoms with van der Waals surface area (Å²) in [7, 11) is -6.17. The Morgan fingerprint density at radius 1 is 1.06 bits per heavy atom. The average Bonchev–Trinajstić information content (AvgIpc) is 3.56. The number of amides is 1. The van der Waals surface area contributed by atoms with E-state index >= 15 is 0 Å². The smallest absolute Gasteiger partial charge is 0.278 e. The van der Waals surface area contributed by atoms with Crippen LogP contribution in [0.4, 0.5) is 4.39 Å². The predicted molar refractivity (Wildman–Crippen MR) is 197 cm³/mol. The van der Waals surface area contributed by atoms with Crippen LogP contribution in [0.2, 0.25) is 30.7 Å². The standard InChI is InChI=1S/C37H43ClFN3O7SSi/c1-51(2,3)20-19-48-25-41-23-33(49-24-26-9-5-4-6-10-26)36(43)35(40-41)37(44)42-18-8-13-32(42)34(50(45,46)47)22-31(27-14-16-29(38)17-15-27)28-11-7-12-30(39)21-28/h4-7,9-12,14-17,21,23,31-32,34H,8,13,18-20,22,24-25H2,1-3H3,(H,45,46,47)/t31-,32?,34+/m0/s1. The van der Waals surface area contributed by atoms with Gasteiger partial charge in [0, 0.05) is 32.2 Å². The Bertz CT molecular complexity index is 1970. The van der Waals surface area contributed by atoms with Crippen molar-refractivity contribution in [1.29, 1.82) is 0 Å². The molecular formula is C37H43ClFN3O7SSi. The first-order chi connectivity index (χ1) is 24.2. The van der Waals surface area contributed by atoms with E-state index in [0.29, 0.717) is 29.2 Å². The van der Waals surface area contributed by atoms with Gasteiger partial charge in [0.15, 0.2) is 11.4 Å². The highest BCUT2D eigenvalue weighted by Gasteiger charge is 2.43. The summed E-state index contributed by atoms with van der Waals surface area (Å²) in [4.78, 5) is 29.4. The van der Waals surface area contributed by atoms with Crippen molar-refractivity contribution in [1.82, 2.24) is 14.7 Å². The van der Waals surface area contributed by atoms with E-state index in [2.05, 4.69) is 24.7 Å². The molecule has 0 bridgehead atoms. The topological polar surface area (TPSA) is 128 Å². The quantitative estimate of drug-likeness (QED) is 0.0780. The molecule has 2 heterocycles. The molecule has 1 N–H and O–H groups in total. The lowest BCUT2D eigenvalue weighted by atomic mass is 9.85. The third-order valence-corrected chi connectivity index (χ3v) is 12.2. The van der Waals surface area contributed by atoms with Crippen LogP contribution in [-0.4, -0.2) is 66.1 Å². The third kappa shape index (κ3) is 10.4. The molecule has 14 heteroatoms. The van der Waals surface area contributed by atoms with Crippen molar-refractivity contribution >= 4 is 35.7 Å². The number of likely N-dealkylation sites (tertiary alicyclic amines) is 1. The first-order valence-electron chi connectivity index (χ1n) is 16.8. The van der Waals surface area contributed by atoms with Crippen LogP contribution >= 0.6 is 11.6 Å². The molecule has 0 aliphatic carbocycles. The first-order valence-corrected chi connectivity index (χ1v) is 22.4. The summed E-state index contributed by atoms with van der Waals surface area (Å²) in [5.41, 5.74) is 0.751. The van der Waals surface area contributed by atoms with Crippen LogP contribution in [0.25, 0.3) is 0 Å². The molecule has 1 saturated heterocycles. The van der Waals surface area contributed by atoms with E-state index in [9.17, 15) is 27.0 Å². The van der Waals surface area contributed by atoms with Crippen LogP contribution in [0.1, 0.15) is 52.4 Å². The van der Waals surface area contributed by atoms with Gasteiger partial charge in [-0.05, 0) is 66.3 Å². The molecule has 3 aromatic carbocycles. The van der Waals surface area contributed by atoms with Gasteiger partial charge in [-0.15, -0.1) is 0 Å². The molecular weight excluding hydrogens is 713 g/mol. The maximum atomic E-state index is 14.4. The van der Waals surface area contributed by atoms with Crippen LogP contribution in [0.5, 0.6) is 5.75 Å². The van der Waals surface area contributed by atoms with E-state index < -0.39 is 58.2 Å². The minimum absolute atomic E-state index is 0.0415. The fraction of sp³-hybridized carbons (Fsp3) is 0.378. The molecule has 51 heavy (non-hydrogen) atoms. The minimum atomic E-state index is -4.78. The van der Waals surface area contributed by atoms with Crippen molar-refractivity contribution in [2.45, 2.75) is 75.5 Å². The summed E-state index contributed by atoms with van der Waals surface area (Å²) in [6.45, 7) is 7.29. The van der Waals surface area contributed by atoms with E-state index in [1.165, 1.54) is 34.0 Å². The Hall–Kier alpha value is -3.88. The van der Waals surface area contributed by atoms with Gasteiger partial charge in [0.2, 0.25) is 0 Å². The maximum absolute atomic E-state index is 14.4. The van der Waals surface area contributed by atoms with Crippen molar-refractivity contribution in [2.75, 3.05) is 13.2 Å². The second-order valence-electron chi connectivity index (χ2n) is 14.0.